The van der Waals surface area contributed by atoms with E-state index in [-0.39, 0.29) is 83.7 Å². The van der Waals surface area contributed by atoms with E-state index in [0.717, 1.165) is 0 Å². The van der Waals surface area contributed by atoms with E-state index in [1.165, 1.54) is 0 Å². The molecule has 0 aromatic carbocycles. The summed E-state index contributed by atoms with van der Waals surface area (Å²) in [5.74, 6) is -0.338. The molecule has 1 amide bonds. The third-order valence-corrected chi connectivity index (χ3v) is 4.80. The molecule has 1 heterocycles. The molecule has 18 heavy (non-hydrogen) atoms. The average Bonchev–Trinajstić information content (AvgIpc) is 2.18. The monoisotopic (exact) mass is 497 g/mol. The van der Waals surface area contributed by atoms with Crippen LogP contribution in [-0.2, 0) is 63.4 Å². The number of carbonyl (C=O) groups excluding carboxylic acids is 2. The smallest absolute Gasteiger partial charge is 0.151 e. The number of hydrogen-bond donors (Lipinski definition) is 1. The molecule has 1 saturated heterocycles. The normalized spacial score (nSPS) is 41.3. The second kappa shape index (κ2) is 5.71. The van der Waals surface area contributed by atoms with Crippen molar-refractivity contribution >= 4 is 11.7 Å². The first-order valence-corrected chi connectivity index (χ1v) is 5.71. The van der Waals surface area contributed by atoms with Crippen molar-refractivity contribution in [2.75, 3.05) is 0 Å². The van der Waals surface area contributed by atoms with E-state index in [0.29, 0.717) is 0 Å². The number of β-lactam (4-membered cyclic amide) rings is 1. The van der Waals surface area contributed by atoms with Crippen molar-refractivity contribution in [1.29, 1.82) is 0 Å². The zero-order valence-electron chi connectivity index (χ0n) is 11.1. The van der Waals surface area contributed by atoms with Gasteiger partial charge in [-0.05, 0) is 23.8 Å². The zero-order valence-corrected chi connectivity index (χ0v) is 16.9. The van der Waals surface area contributed by atoms with Crippen LogP contribution in [0.3, 0.4) is 0 Å². The van der Waals surface area contributed by atoms with Crippen molar-refractivity contribution in [3.63, 3.8) is 0 Å². The number of rotatable bonds is 0. The van der Waals surface area contributed by atoms with Gasteiger partial charge in [-0.3, -0.25) is 4.79 Å². The van der Waals surface area contributed by atoms with Crippen LogP contribution in [0.15, 0.2) is 0 Å². The average molecular weight is 497 g/mol. The second-order valence-corrected chi connectivity index (χ2v) is 5.77. The van der Waals surface area contributed by atoms with Gasteiger partial charge in [-0.15, -0.1) is 0 Å². The van der Waals surface area contributed by atoms with E-state index in [9.17, 15) is 14.7 Å². The van der Waals surface area contributed by atoms with Gasteiger partial charge in [0.15, 0.2) is 5.78 Å². The van der Waals surface area contributed by atoms with Gasteiger partial charge in [-0.2, -0.15) is 0 Å². The molecule has 1 spiro atoms. The Morgan fingerprint density at radius 1 is 1.22 bits per heavy atom. The van der Waals surface area contributed by atoms with Gasteiger partial charge in [0.05, 0.1) is 5.91 Å². The van der Waals surface area contributed by atoms with E-state index in [4.69, 9.17) is 0 Å². The Hall–Kier alpha value is 0.892. The Morgan fingerprint density at radius 3 is 2.06 bits per heavy atom. The van der Waals surface area contributed by atoms with Gasteiger partial charge < -0.3 is 15.2 Å². The molecule has 4 nitrogen and oxygen atoms in total. The minimum absolute atomic E-state index is 0. The number of nitrogens with zero attached hydrogens (tertiary/aromatic N) is 1. The second-order valence-electron chi connectivity index (χ2n) is 5.77. The Morgan fingerprint density at radius 2 is 1.67 bits per heavy atom. The van der Waals surface area contributed by atoms with Crippen molar-refractivity contribution in [2.24, 2.45) is 17.3 Å². The van der Waals surface area contributed by atoms with E-state index in [2.05, 4.69) is 5.32 Å². The molecule has 2 aliphatic rings. The molecule has 2 rings (SSSR count). The Labute approximate surface area is 147 Å². The van der Waals surface area contributed by atoms with E-state index >= 15 is 0 Å². The largest absolute Gasteiger partial charge is 0.641 e. The summed E-state index contributed by atoms with van der Waals surface area (Å²) in [6.45, 7) is 7.75. The molecule has 1 aliphatic carbocycles. The molecule has 0 bridgehead atoms. The number of carbonyl (C=O) groups is 2. The SMILES string of the molecule is CC1C(C)C(C)(C)C(O)C(=O)C12CC(=O)[N-]2.[W].[Y]. The molecule has 1 radical (unpaired) electrons. The number of aliphatic hydroxyl groups is 1. The van der Waals surface area contributed by atoms with Crippen molar-refractivity contribution in [2.45, 2.75) is 45.8 Å². The van der Waals surface area contributed by atoms with Crippen LogP contribution in [0.25, 0.3) is 5.32 Å². The van der Waals surface area contributed by atoms with Gasteiger partial charge in [0, 0.05) is 59.2 Å². The van der Waals surface area contributed by atoms with Gasteiger partial charge in [-0.25, -0.2) is 0 Å². The predicted octanol–water partition coefficient (Wildman–Crippen LogP) is 1.27. The number of ketones is 1. The number of aliphatic hydroxyl groups excluding tert-OH is 1. The van der Waals surface area contributed by atoms with Crippen LogP contribution in [0.2, 0.25) is 0 Å². The van der Waals surface area contributed by atoms with E-state index < -0.39 is 17.1 Å². The molecule has 1 N–H and O–H groups in total. The van der Waals surface area contributed by atoms with Gasteiger partial charge in [0.1, 0.15) is 6.10 Å². The van der Waals surface area contributed by atoms with Crippen LogP contribution in [0, 0.1) is 17.3 Å². The molecule has 4 atom stereocenters. The Balaban J connectivity index is 0.00000144. The zero-order chi connectivity index (χ0) is 12.3. The van der Waals surface area contributed by atoms with Gasteiger partial charge in [-0.1, -0.05) is 27.7 Å². The molecule has 0 aromatic rings. The van der Waals surface area contributed by atoms with E-state index in [1.54, 1.807) is 0 Å². The van der Waals surface area contributed by atoms with Crippen molar-refractivity contribution in [3.05, 3.63) is 5.32 Å². The first kappa shape index (κ1) is 18.9. The summed E-state index contributed by atoms with van der Waals surface area (Å²) in [5, 5.41) is 14.0. The summed E-state index contributed by atoms with van der Waals surface area (Å²) in [6, 6.07) is 0. The Kier molecular flexibility index (Phi) is 6.00. The van der Waals surface area contributed by atoms with Crippen LogP contribution in [-0.4, -0.2) is 28.4 Å². The summed E-state index contributed by atoms with van der Waals surface area (Å²) < 4.78 is 0. The summed E-state index contributed by atoms with van der Waals surface area (Å²) >= 11 is 0. The van der Waals surface area contributed by atoms with Crippen LogP contribution in [0.4, 0.5) is 0 Å². The van der Waals surface area contributed by atoms with Crippen LogP contribution in [0.1, 0.15) is 34.1 Å². The number of hydrogen-bond acceptors (Lipinski definition) is 3. The molecular formula is C12H18NO3WY-. The van der Waals surface area contributed by atoms with Gasteiger partial charge >= 0.3 is 0 Å². The van der Waals surface area contributed by atoms with Crippen molar-refractivity contribution < 1.29 is 68.5 Å². The molecule has 1 aliphatic heterocycles. The maximum Gasteiger partial charge on any atom is 0.151 e. The van der Waals surface area contributed by atoms with Crippen LogP contribution in [0.5, 0.6) is 0 Å². The molecule has 4 unspecified atom stereocenters. The van der Waals surface area contributed by atoms with Crippen molar-refractivity contribution in [3.8, 4) is 0 Å². The van der Waals surface area contributed by atoms with Gasteiger partial charge in [0.2, 0.25) is 0 Å². The molecule has 99 valence electrons. The Bertz CT molecular complexity index is 364. The van der Waals surface area contributed by atoms with Crippen LogP contribution < -0.4 is 0 Å². The number of amides is 1. The molecule has 2 fully saturated rings. The van der Waals surface area contributed by atoms with Gasteiger partial charge in [0.25, 0.3) is 0 Å². The quantitative estimate of drug-likeness (QED) is 0.513. The fraction of sp³-hybridized carbons (Fsp3) is 0.833. The summed E-state index contributed by atoms with van der Waals surface area (Å²) in [7, 11) is 0. The molecule has 6 heteroatoms. The maximum atomic E-state index is 12.2. The predicted molar refractivity (Wildman–Crippen MR) is 58.8 cm³/mol. The van der Waals surface area contributed by atoms with E-state index in [1.807, 2.05) is 27.7 Å². The minimum Gasteiger partial charge on any atom is -0.641 e. The first-order valence-electron chi connectivity index (χ1n) is 5.71. The summed E-state index contributed by atoms with van der Waals surface area (Å²) in [5.41, 5.74) is -1.37. The number of Topliss-reactive ketones (excluding diaryl/α,β-unsaturated/α-hetero) is 1. The van der Waals surface area contributed by atoms with Crippen LogP contribution >= 0.6 is 0 Å². The standard InChI is InChI=1S/C12H19NO3.W.Y/c1-6-7(2)12(5-8(14)13-12)10(16)9(15)11(6,3)4;;/h6-7,9,15H,5H2,1-4H3,(H,13,14);;/p-1. The molecule has 0 aromatic heterocycles. The fourth-order valence-corrected chi connectivity index (χ4v) is 2.95. The molecular weight excluding hydrogens is 479 g/mol. The summed E-state index contributed by atoms with van der Waals surface area (Å²) in [4.78, 5) is 23.2. The third kappa shape index (κ3) is 2.32. The first-order chi connectivity index (χ1) is 7.23. The minimum atomic E-state index is -1.02. The molecule has 1 saturated carbocycles. The van der Waals surface area contributed by atoms with Crippen molar-refractivity contribution in [1.82, 2.24) is 0 Å². The fourth-order valence-electron chi connectivity index (χ4n) is 2.95. The topological polar surface area (TPSA) is 68.5 Å². The summed E-state index contributed by atoms with van der Waals surface area (Å²) in [6.07, 6.45) is -0.847. The third-order valence-electron chi connectivity index (χ3n) is 4.80. The maximum absolute atomic E-state index is 12.2.